The summed E-state index contributed by atoms with van der Waals surface area (Å²) in [6, 6.07) is 5.71. The van der Waals surface area contributed by atoms with E-state index in [0.717, 1.165) is 32.1 Å². The third-order valence-electron chi connectivity index (χ3n) is 8.70. The summed E-state index contributed by atoms with van der Waals surface area (Å²) in [7, 11) is 0. The number of piperidine rings is 2. The summed E-state index contributed by atoms with van der Waals surface area (Å²) in [5, 5.41) is 14.7. The number of nitrogens with one attached hydrogen (secondary N) is 2. The fourth-order valence-electron chi connectivity index (χ4n) is 6.12. The van der Waals surface area contributed by atoms with Gasteiger partial charge in [-0.15, -0.1) is 0 Å². The molecule has 5 amide bonds. The van der Waals surface area contributed by atoms with E-state index in [9.17, 15) is 24.0 Å². The van der Waals surface area contributed by atoms with Gasteiger partial charge in [-0.05, 0) is 94.4 Å². The van der Waals surface area contributed by atoms with Crippen molar-refractivity contribution in [1.29, 1.82) is 0 Å². The number of nitrogens with zero attached hydrogens (tertiary/aromatic N) is 2. The van der Waals surface area contributed by atoms with Crippen LogP contribution in [0.4, 0.5) is 10.5 Å². The number of carbonyl (C=O) groups excluding carboxylic acids is 4. The van der Waals surface area contributed by atoms with E-state index in [0.29, 0.717) is 68.5 Å². The Bertz CT molecular complexity index is 1100. The van der Waals surface area contributed by atoms with Gasteiger partial charge in [0.25, 0.3) is 5.91 Å². The molecule has 7 N–H and O–H groups in total. The number of hydrogen-bond acceptors (Lipinski definition) is 6. The summed E-state index contributed by atoms with van der Waals surface area (Å²) >= 11 is 0. The second-order valence-corrected chi connectivity index (χ2v) is 12.1. The summed E-state index contributed by atoms with van der Waals surface area (Å²) in [5.41, 5.74) is 12.0. The first-order valence-corrected chi connectivity index (χ1v) is 15.5. The molecule has 0 saturated carbocycles. The third kappa shape index (κ3) is 11.8. The molecule has 0 radical (unpaired) electrons. The second-order valence-electron chi connectivity index (χ2n) is 12.1. The number of carbonyl (C=O) groups is 5. The molecule has 2 unspecified atom stereocenters. The Labute approximate surface area is 253 Å². The van der Waals surface area contributed by atoms with E-state index in [4.69, 9.17) is 16.6 Å². The second kappa shape index (κ2) is 16.7. The van der Waals surface area contributed by atoms with Crippen LogP contribution in [0.5, 0.6) is 0 Å². The predicted octanol–water partition coefficient (Wildman–Crippen LogP) is 2.72. The van der Waals surface area contributed by atoms with Crippen molar-refractivity contribution in [3.8, 4) is 0 Å². The van der Waals surface area contributed by atoms with Crippen molar-refractivity contribution in [2.45, 2.75) is 89.6 Å². The monoisotopic (exact) mass is 600 g/mol. The molecule has 12 heteroatoms. The van der Waals surface area contributed by atoms with Crippen molar-refractivity contribution in [3.63, 3.8) is 0 Å². The first-order valence-electron chi connectivity index (χ1n) is 15.5. The van der Waals surface area contributed by atoms with Gasteiger partial charge in [0, 0.05) is 68.8 Å². The summed E-state index contributed by atoms with van der Waals surface area (Å²) in [6.07, 6.45) is 6.26. The Kier molecular flexibility index (Phi) is 13.1. The van der Waals surface area contributed by atoms with E-state index in [1.807, 2.05) is 16.7 Å². The van der Waals surface area contributed by atoms with E-state index < -0.39 is 12.0 Å². The van der Waals surface area contributed by atoms with Crippen molar-refractivity contribution >= 4 is 35.4 Å². The van der Waals surface area contributed by atoms with Gasteiger partial charge in [-0.1, -0.05) is 0 Å². The number of benzene rings is 1. The van der Waals surface area contributed by atoms with Crippen LogP contribution in [0.15, 0.2) is 24.3 Å². The predicted molar refractivity (Wildman–Crippen MR) is 163 cm³/mol. The lowest BCUT2D eigenvalue weighted by Crippen LogP contribution is -2.43. The molecule has 0 bridgehead atoms. The number of aliphatic carboxylic acids is 1. The van der Waals surface area contributed by atoms with Crippen LogP contribution in [0.1, 0.15) is 87.9 Å². The first kappa shape index (κ1) is 33.7. The number of primary amides is 1. The maximum Gasteiger partial charge on any atom is 0.312 e. The largest absolute Gasteiger partial charge is 0.481 e. The van der Waals surface area contributed by atoms with Crippen molar-refractivity contribution < 1.29 is 29.1 Å². The number of rotatable bonds is 14. The lowest BCUT2D eigenvalue weighted by molar-refractivity contribution is -0.138. The van der Waals surface area contributed by atoms with E-state index >= 15 is 0 Å². The molecule has 238 valence electrons. The van der Waals surface area contributed by atoms with Crippen molar-refractivity contribution in [2.75, 3.05) is 31.9 Å². The van der Waals surface area contributed by atoms with Crippen LogP contribution in [-0.2, 0) is 14.4 Å². The maximum absolute atomic E-state index is 13.1. The standard InChI is InChI=1S/C31H48N6O6/c1-21(34-31(33)43)20-23-14-18-37(19-15-23)28(39)10-8-26(35-30(42)24-3-5-25(32)6-4-24)7-9-27(38)36-16-12-22(13-17-36)2-11-29(40)41/h3-6,21-23,26H,2,7-20,32H2,1H3,(H,35,42)(H,40,41)(H3,33,34,43). The minimum absolute atomic E-state index is 0.0110. The number of carboxylic acid groups (broad SMARTS) is 1. The number of hydrogen-bond donors (Lipinski definition) is 5. The first-order chi connectivity index (χ1) is 20.5. The van der Waals surface area contributed by atoms with Gasteiger partial charge >= 0.3 is 12.0 Å². The molecule has 12 nitrogen and oxygen atoms in total. The van der Waals surface area contributed by atoms with Gasteiger partial charge in [0.2, 0.25) is 11.8 Å². The number of nitrogen functional groups attached to an aromatic ring is 1. The number of urea groups is 1. The van der Waals surface area contributed by atoms with Gasteiger partial charge in [0.1, 0.15) is 0 Å². The highest BCUT2D eigenvalue weighted by Gasteiger charge is 2.27. The molecule has 2 saturated heterocycles. The van der Waals surface area contributed by atoms with Gasteiger partial charge in [0.05, 0.1) is 0 Å². The molecule has 1 aromatic rings. The molecule has 43 heavy (non-hydrogen) atoms. The molecular formula is C31H48N6O6. The summed E-state index contributed by atoms with van der Waals surface area (Å²) in [4.78, 5) is 64.7. The van der Waals surface area contributed by atoms with Crippen LogP contribution in [0.25, 0.3) is 0 Å². The summed E-state index contributed by atoms with van der Waals surface area (Å²) in [6.45, 7) is 4.44. The highest BCUT2D eigenvalue weighted by Crippen LogP contribution is 2.24. The average molecular weight is 601 g/mol. The fourth-order valence-corrected chi connectivity index (χ4v) is 6.12. The lowest BCUT2D eigenvalue weighted by atomic mass is 9.90. The molecular weight excluding hydrogens is 552 g/mol. The summed E-state index contributed by atoms with van der Waals surface area (Å²) in [5.74, 6) is -0.300. The minimum atomic E-state index is -0.794. The Morgan fingerprint density at radius 3 is 1.84 bits per heavy atom. The van der Waals surface area contributed by atoms with E-state index in [-0.39, 0.29) is 49.1 Å². The highest BCUT2D eigenvalue weighted by atomic mass is 16.4. The zero-order valence-corrected chi connectivity index (χ0v) is 25.3. The molecule has 2 aliphatic rings. The molecule has 0 spiro atoms. The zero-order valence-electron chi connectivity index (χ0n) is 25.3. The average Bonchev–Trinajstić information content (AvgIpc) is 2.97. The van der Waals surface area contributed by atoms with Crippen molar-refractivity contribution in [1.82, 2.24) is 20.4 Å². The number of anilines is 1. The SMILES string of the molecule is CC(CC1CCN(C(=O)CCC(CCC(=O)N2CCC(CCC(=O)O)CC2)NC(=O)c2ccc(N)cc2)CC1)NC(N)=O. The molecule has 2 heterocycles. The fraction of sp³-hybridized carbons (Fsp3) is 0.645. The van der Waals surface area contributed by atoms with Crippen molar-refractivity contribution in [2.24, 2.45) is 17.6 Å². The van der Waals surface area contributed by atoms with E-state index in [1.165, 1.54) is 0 Å². The Morgan fingerprint density at radius 1 is 0.837 bits per heavy atom. The zero-order chi connectivity index (χ0) is 31.4. The normalized spacial score (nSPS) is 17.6. The topological polar surface area (TPSA) is 188 Å². The highest BCUT2D eigenvalue weighted by molar-refractivity contribution is 5.94. The van der Waals surface area contributed by atoms with Gasteiger partial charge < -0.3 is 37.0 Å². The molecule has 2 atom stereocenters. The number of likely N-dealkylation sites (tertiary alicyclic amines) is 2. The number of carboxylic acids is 1. The maximum atomic E-state index is 13.1. The molecule has 1 aromatic carbocycles. The molecule has 0 aliphatic carbocycles. The van der Waals surface area contributed by atoms with Crippen molar-refractivity contribution in [3.05, 3.63) is 29.8 Å². The Balaban J connectivity index is 1.50. The smallest absolute Gasteiger partial charge is 0.312 e. The minimum Gasteiger partial charge on any atom is -0.481 e. The third-order valence-corrected chi connectivity index (χ3v) is 8.70. The molecule has 0 aromatic heterocycles. The van der Waals surface area contributed by atoms with E-state index in [1.54, 1.807) is 24.3 Å². The molecule has 3 rings (SSSR count). The Hall–Kier alpha value is -3.83. The van der Waals surface area contributed by atoms with E-state index in [2.05, 4.69) is 10.6 Å². The van der Waals surface area contributed by atoms with Crippen LogP contribution in [0.3, 0.4) is 0 Å². The molecule has 2 aliphatic heterocycles. The van der Waals surface area contributed by atoms with Crippen LogP contribution < -0.4 is 22.1 Å². The van der Waals surface area contributed by atoms with Crippen LogP contribution >= 0.6 is 0 Å². The molecule has 2 fully saturated rings. The summed E-state index contributed by atoms with van der Waals surface area (Å²) < 4.78 is 0. The number of nitrogens with two attached hydrogens (primary N) is 2. The lowest BCUT2D eigenvalue weighted by Gasteiger charge is -2.33. The van der Waals surface area contributed by atoms with Gasteiger partial charge in [-0.25, -0.2) is 4.79 Å². The van der Waals surface area contributed by atoms with Gasteiger partial charge in [-0.3, -0.25) is 19.2 Å². The van der Waals surface area contributed by atoms with Crippen LogP contribution in [0, 0.1) is 11.8 Å². The Morgan fingerprint density at radius 2 is 1.35 bits per heavy atom. The van der Waals surface area contributed by atoms with Crippen LogP contribution in [0.2, 0.25) is 0 Å². The van der Waals surface area contributed by atoms with Gasteiger partial charge in [0.15, 0.2) is 0 Å². The quantitative estimate of drug-likeness (QED) is 0.203. The number of amides is 5. The van der Waals surface area contributed by atoms with Gasteiger partial charge in [-0.2, -0.15) is 0 Å². The van der Waals surface area contributed by atoms with Crippen LogP contribution in [-0.4, -0.2) is 82.9 Å².